The van der Waals surface area contributed by atoms with Crippen molar-refractivity contribution < 1.29 is 17.9 Å². The largest absolute Gasteiger partial charge is 0.450 e. The number of amides is 1. The molecule has 0 bridgehead atoms. The van der Waals surface area contributed by atoms with Gasteiger partial charge in [0, 0.05) is 32.4 Å². The normalized spacial score (nSPS) is 15.9. The molecule has 0 unspecified atom stereocenters. The van der Waals surface area contributed by atoms with Gasteiger partial charge in [-0.15, -0.1) is 0 Å². The predicted molar refractivity (Wildman–Crippen MR) is 76.4 cm³/mol. The molecule has 0 spiro atoms. The molecular weight excluding hydrogens is 296 g/mol. The Labute approximate surface area is 123 Å². The van der Waals surface area contributed by atoms with E-state index in [1.807, 2.05) is 4.90 Å². The van der Waals surface area contributed by atoms with Gasteiger partial charge in [0.05, 0.1) is 6.61 Å². The first-order valence-electron chi connectivity index (χ1n) is 6.57. The van der Waals surface area contributed by atoms with Crippen LogP contribution in [-0.4, -0.2) is 57.2 Å². The Balaban J connectivity index is 1.98. The fraction of sp³-hybridized carbons (Fsp3) is 0.500. The highest BCUT2D eigenvalue weighted by Gasteiger charge is 2.22. The number of aromatic nitrogens is 1. The van der Waals surface area contributed by atoms with Crippen molar-refractivity contribution in [2.24, 2.45) is 5.14 Å². The number of nitrogens with two attached hydrogens (primary N) is 1. The number of hydrogen-bond donors (Lipinski definition) is 1. The van der Waals surface area contributed by atoms with Crippen LogP contribution in [0.1, 0.15) is 6.92 Å². The van der Waals surface area contributed by atoms with Crippen molar-refractivity contribution in [3.05, 3.63) is 18.3 Å². The summed E-state index contributed by atoms with van der Waals surface area (Å²) < 4.78 is 27.3. The number of ether oxygens (including phenoxy) is 1. The zero-order valence-corrected chi connectivity index (χ0v) is 12.5. The molecule has 2 N–H and O–H groups in total. The fourth-order valence-corrected chi connectivity index (χ4v) is 2.52. The lowest BCUT2D eigenvalue weighted by Crippen LogP contribution is -2.49. The number of nitrogens with zero attached hydrogens (tertiary/aromatic N) is 3. The summed E-state index contributed by atoms with van der Waals surface area (Å²) >= 11 is 0. The van der Waals surface area contributed by atoms with Crippen LogP contribution in [0, 0.1) is 0 Å². The molecule has 0 atom stereocenters. The number of sulfonamides is 1. The van der Waals surface area contributed by atoms with Gasteiger partial charge in [-0.3, -0.25) is 0 Å². The number of primary sulfonamides is 1. The minimum absolute atomic E-state index is 0.0172. The third-order valence-electron chi connectivity index (χ3n) is 3.18. The topological polar surface area (TPSA) is 106 Å². The molecule has 1 aromatic rings. The lowest BCUT2D eigenvalue weighted by molar-refractivity contribution is 0.105. The third kappa shape index (κ3) is 3.82. The van der Waals surface area contributed by atoms with E-state index >= 15 is 0 Å². The lowest BCUT2D eigenvalue weighted by Gasteiger charge is -2.34. The maximum absolute atomic E-state index is 11.6. The summed E-state index contributed by atoms with van der Waals surface area (Å²) in [5.74, 6) is 0.658. The summed E-state index contributed by atoms with van der Waals surface area (Å²) in [7, 11) is -3.73. The van der Waals surface area contributed by atoms with Crippen molar-refractivity contribution in [2.45, 2.75) is 11.8 Å². The standard InChI is InChI=1S/C12H18N4O4S/c1-2-20-12(17)16-7-5-15(6-8-16)11-4-3-10(9-14-11)21(13,18)19/h3-4,9H,2,5-8H2,1H3,(H2,13,18,19). The molecule has 1 fully saturated rings. The molecule has 0 saturated carbocycles. The Morgan fingerprint density at radius 1 is 1.33 bits per heavy atom. The van der Waals surface area contributed by atoms with Crippen molar-refractivity contribution in [2.75, 3.05) is 37.7 Å². The molecule has 1 aliphatic heterocycles. The quantitative estimate of drug-likeness (QED) is 0.842. The summed E-state index contributed by atoms with van der Waals surface area (Å²) in [6.45, 7) is 4.43. The van der Waals surface area contributed by atoms with E-state index in [0.717, 1.165) is 0 Å². The Bertz CT molecular complexity index is 594. The van der Waals surface area contributed by atoms with Gasteiger partial charge in [0.15, 0.2) is 0 Å². The van der Waals surface area contributed by atoms with E-state index in [2.05, 4.69) is 4.98 Å². The summed E-state index contributed by atoms with van der Waals surface area (Å²) in [5.41, 5.74) is 0. The predicted octanol–water partition coefficient (Wildman–Crippen LogP) is 0.00750. The molecule has 1 amide bonds. The summed E-state index contributed by atoms with van der Waals surface area (Å²) in [6, 6.07) is 3.04. The maximum atomic E-state index is 11.6. The van der Waals surface area contributed by atoms with Gasteiger partial charge < -0.3 is 14.5 Å². The van der Waals surface area contributed by atoms with Gasteiger partial charge in [0.1, 0.15) is 10.7 Å². The van der Waals surface area contributed by atoms with Gasteiger partial charge in [0.25, 0.3) is 0 Å². The van der Waals surface area contributed by atoms with Crippen LogP contribution in [0.15, 0.2) is 23.2 Å². The van der Waals surface area contributed by atoms with Crippen LogP contribution in [0.5, 0.6) is 0 Å². The second-order valence-electron chi connectivity index (χ2n) is 4.57. The molecule has 0 radical (unpaired) electrons. The third-order valence-corrected chi connectivity index (χ3v) is 4.08. The Morgan fingerprint density at radius 3 is 2.48 bits per heavy atom. The number of pyridine rings is 1. The molecule has 2 rings (SSSR count). The molecular formula is C12H18N4O4S. The molecule has 9 heteroatoms. The van der Waals surface area contributed by atoms with Gasteiger partial charge in [-0.2, -0.15) is 0 Å². The lowest BCUT2D eigenvalue weighted by atomic mass is 10.3. The first-order valence-corrected chi connectivity index (χ1v) is 8.12. The van der Waals surface area contributed by atoms with E-state index in [-0.39, 0.29) is 11.0 Å². The highest BCUT2D eigenvalue weighted by atomic mass is 32.2. The number of piperazine rings is 1. The average molecular weight is 314 g/mol. The zero-order chi connectivity index (χ0) is 15.5. The van der Waals surface area contributed by atoms with Crippen molar-refractivity contribution in [3.8, 4) is 0 Å². The van der Waals surface area contributed by atoms with Crippen LogP contribution < -0.4 is 10.0 Å². The Morgan fingerprint density at radius 2 is 2.00 bits per heavy atom. The summed E-state index contributed by atoms with van der Waals surface area (Å²) in [4.78, 5) is 19.3. The van der Waals surface area contributed by atoms with Crippen LogP contribution in [0.2, 0.25) is 0 Å². The van der Waals surface area contributed by atoms with Gasteiger partial charge in [-0.1, -0.05) is 0 Å². The molecule has 0 aliphatic carbocycles. The molecule has 2 heterocycles. The average Bonchev–Trinajstić information content (AvgIpc) is 2.47. The van der Waals surface area contributed by atoms with Gasteiger partial charge in [-0.25, -0.2) is 23.3 Å². The van der Waals surface area contributed by atoms with E-state index in [1.165, 1.54) is 12.3 Å². The molecule has 8 nitrogen and oxygen atoms in total. The Kier molecular flexibility index (Phi) is 4.63. The number of rotatable bonds is 3. The SMILES string of the molecule is CCOC(=O)N1CCN(c2ccc(S(N)(=O)=O)cn2)CC1. The van der Waals surface area contributed by atoms with Crippen molar-refractivity contribution in [3.63, 3.8) is 0 Å². The molecule has 1 saturated heterocycles. The van der Waals surface area contributed by atoms with Crippen LogP contribution >= 0.6 is 0 Å². The van der Waals surface area contributed by atoms with Crippen molar-refractivity contribution in [1.82, 2.24) is 9.88 Å². The highest BCUT2D eigenvalue weighted by Crippen LogP contribution is 2.16. The van der Waals surface area contributed by atoms with Crippen LogP contribution in [0.25, 0.3) is 0 Å². The maximum Gasteiger partial charge on any atom is 0.409 e. The summed E-state index contributed by atoms with van der Waals surface area (Å²) in [5, 5.41) is 5.03. The van der Waals surface area contributed by atoms with Gasteiger partial charge in [0.2, 0.25) is 10.0 Å². The molecule has 116 valence electrons. The Hall–Kier alpha value is -1.87. The van der Waals surface area contributed by atoms with Gasteiger partial charge >= 0.3 is 6.09 Å². The molecule has 0 aromatic carbocycles. The van der Waals surface area contributed by atoms with E-state index in [9.17, 15) is 13.2 Å². The van der Waals surface area contributed by atoms with Crippen molar-refractivity contribution in [1.29, 1.82) is 0 Å². The monoisotopic (exact) mass is 314 g/mol. The number of carbonyl (C=O) groups is 1. The number of anilines is 1. The van der Waals surface area contributed by atoms with E-state index < -0.39 is 10.0 Å². The van der Waals surface area contributed by atoms with E-state index in [0.29, 0.717) is 38.6 Å². The second kappa shape index (κ2) is 6.27. The zero-order valence-electron chi connectivity index (χ0n) is 11.7. The van der Waals surface area contributed by atoms with Crippen LogP contribution in [0.3, 0.4) is 0 Å². The first kappa shape index (κ1) is 15.5. The molecule has 21 heavy (non-hydrogen) atoms. The van der Waals surface area contributed by atoms with E-state index in [4.69, 9.17) is 9.88 Å². The smallest absolute Gasteiger partial charge is 0.409 e. The van der Waals surface area contributed by atoms with Crippen LogP contribution in [0.4, 0.5) is 10.6 Å². The van der Waals surface area contributed by atoms with Crippen LogP contribution in [-0.2, 0) is 14.8 Å². The molecule has 1 aliphatic rings. The second-order valence-corrected chi connectivity index (χ2v) is 6.13. The first-order chi connectivity index (χ1) is 9.91. The molecule has 1 aromatic heterocycles. The van der Waals surface area contributed by atoms with E-state index in [1.54, 1.807) is 17.9 Å². The minimum atomic E-state index is -3.73. The van der Waals surface area contributed by atoms with Gasteiger partial charge in [-0.05, 0) is 19.1 Å². The fourth-order valence-electron chi connectivity index (χ4n) is 2.06. The number of hydrogen-bond acceptors (Lipinski definition) is 6. The highest BCUT2D eigenvalue weighted by molar-refractivity contribution is 7.89. The summed E-state index contributed by atoms with van der Waals surface area (Å²) in [6.07, 6.45) is 0.928. The van der Waals surface area contributed by atoms with Crippen molar-refractivity contribution >= 4 is 21.9 Å². The minimum Gasteiger partial charge on any atom is -0.450 e. The number of carbonyl (C=O) groups excluding carboxylic acids is 1.